The second-order valence-electron chi connectivity index (χ2n) is 5.89. The lowest BCUT2D eigenvalue weighted by atomic mass is 10.1. The summed E-state index contributed by atoms with van der Waals surface area (Å²) >= 11 is 0. The van der Waals surface area contributed by atoms with Crippen LogP contribution in [0.1, 0.15) is 51.5 Å². The van der Waals surface area contributed by atoms with E-state index in [2.05, 4.69) is 15.5 Å². The quantitative estimate of drug-likeness (QED) is 0.412. The highest BCUT2D eigenvalue weighted by Crippen LogP contribution is 2.27. The summed E-state index contributed by atoms with van der Waals surface area (Å²) in [5.74, 6) is 0.297. The topological polar surface area (TPSA) is 102 Å². The van der Waals surface area contributed by atoms with Crippen LogP contribution in [0.25, 0.3) is 0 Å². The van der Waals surface area contributed by atoms with Gasteiger partial charge in [-0.05, 0) is 57.0 Å². The summed E-state index contributed by atoms with van der Waals surface area (Å²) in [5, 5.41) is 3.97. The van der Waals surface area contributed by atoms with Gasteiger partial charge in [0.25, 0.3) is 5.91 Å². The first-order valence-corrected chi connectivity index (χ1v) is 8.93. The number of carbonyl (C=O) groups is 2. The van der Waals surface area contributed by atoms with Crippen LogP contribution in [0.5, 0.6) is 11.5 Å². The number of aromatic nitrogens is 1. The van der Waals surface area contributed by atoms with Crippen molar-refractivity contribution in [2.75, 3.05) is 20.3 Å². The Morgan fingerprint density at radius 2 is 1.93 bits per heavy atom. The fraction of sp³-hybridized carbons (Fsp3) is 0.350. The van der Waals surface area contributed by atoms with E-state index in [4.69, 9.17) is 14.2 Å². The average Bonchev–Trinajstić information content (AvgIpc) is 2.97. The molecule has 0 atom stereocenters. The van der Waals surface area contributed by atoms with Crippen molar-refractivity contribution in [3.05, 3.63) is 46.3 Å². The van der Waals surface area contributed by atoms with Gasteiger partial charge in [0, 0.05) is 5.69 Å². The summed E-state index contributed by atoms with van der Waals surface area (Å²) in [4.78, 5) is 27.4. The number of carbonyl (C=O) groups excluding carboxylic acids is 2. The summed E-state index contributed by atoms with van der Waals surface area (Å²) < 4.78 is 15.8. The number of H-pyrrole nitrogens is 1. The molecule has 1 heterocycles. The number of rotatable bonds is 8. The van der Waals surface area contributed by atoms with Crippen LogP contribution in [-0.2, 0) is 4.74 Å². The van der Waals surface area contributed by atoms with Crippen molar-refractivity contribution >= 4 is 18.1 Å². The van der Waals surface area contributed by atoms with Crippen LogP contribution in [0.15, 0.2) is 23.3 Å². The fourth-order valence-electron chi connectivity index (χ4n) is 2.75. The van der Waals surface area contributed by atoms with E-state index in [0.29, 0.717) is 34.9 Å². The van der Waals surface area contributed by atoms with Gasteiger partial charge in [-0.2, -0.15) is 5.10 Å². The predicted octanol–water partition coefficient (Wildman–Crippen LogP) is 2.98. The number of amides is 1. The number of benzene rings is 1. The molecule has 2 aromatic rings. The number of hydrazone groups is 1. The molecule has 0 radical (unpaired) electrons. The Bertz CT molecular complexity index is 886. The molecule has 2 rings (SSSR count). The molecular weight excluding hydrogens is 362 g/mol. The zero-order valence-electron chi connectivity index (χ0n) is 16.7. The molecule has 0 fully saturated rings. The Labute approximate surface area is 163 Å². The van der Waals surface area contributed by atoms with Gasteiger partial charge in [0.05, 0.1) is 32.1 Å². The standard InChI is InChI=1S/C20H25N3O5/c1-6-27-15-9-8-14(10-16(15)26-5)11-21-23-19(24)18-12(3)17(13(4)22-18)20(25)28-7-2/h8-11,22H,6-7H2,1-5H3,(H,23,24)/b21-11+. The molecule has 0 saturated heterocycles. The van der Waals surface area contributed by atoms with Crippen molar-refractivity contribution in [3.63, 3.8) is 0 Å². The number of ether oxygens (including phenoxy) is 3. The summed E-state index contributed by atoms with van der Waals surface area (Å²) in [5.41, 5.74) is 4.90. The minimum Gasteiger partial charge on any atom is -0.493 e. The molecule has 2 N–H and O–H groups in total. The van der Waals surface area contributed by atoms with E-state index in [9.17, 15) is 9.59 Å². The second-order valence-corrected chi connectivity index (χ2v) is 5.89. The van der Waals surface area contributed by atoms with Crippen molar-refractivity contribution in [2.45, 2.75) is 27.7 Å². The Kier molecular flexibility index (Phi) is 7.20. The molecule has 1 aromatic carbocycles. The molecule has 0 aliphatic rings. The number of nitrogens with one attached hydrogen (secondary N) is 2. The molecule has 8 nitrogen and oxygen atoms in total. The van der Waals surface area contributed by atoms with Gasteiger partial charge in [0.1, 0.15) is 5.69 Å². The SMILES string of the molecule is CCOC(=O)c1c(C)[nH]c(C(=O)N/N=C/c2ccc(OCC)c(OC)c2)c1C. The molecule has 0 saturated carbocycles. The lowest BCUT2D eigenvalue weighted by molar-refractivity contribution is 0.0525. The molecule has 0 aliphatic carbocycles. The Morgan fingerprint density at radius 1 is 1.18 bits per heavy atom. The number of hydrogen-bond donors (Lipinski definition) is 2. The van der Waals surface area contributed by atoms with Crippen molar-refractivity contribution < 1.29 is 23.8 Å². The van der Waals surface area contributed by atoms with E-state index in [-0.39, 0.29) is 12.3 Å². The summed E-state index contributed by atoms with van der Waals surface area (Å²) in [6.45, 7) is 7.81. The Morgan fingerprint density at radius 3 is 2.57 bits per heavy atom. The number of aromatic amines is 1. The van der Waals surface area contributed by atoms with Crippen LogP contribution in [0.4, 0.5) is 0 Å². The maximum absolute atomic E-state index is 12.4. The van der Waals surface area contributed by atoms with Gasteiger partial charge in [0.2, 0.25) is 0 Å². The third-order valence-electron chi connectivity index (χ3n) is 4.01. The molecule has 0 unspecified atom stereocenters. The second kappa shape index (κ2) is 9.59. The van der Waals surface area contributed by atoms with Crippen LogP contribution < -0.4 is 14.9 Å². The van der Waals surface area contributed by atoms with E-state index >= 15 is 0 Å². The summed E-state index contributed by atoms with van der Waals surface area (Å²) in [6, 6.07) is 5.32. The van der Waals surface area contributed by atoms with Gasteiger partial charge in [-0.1, -0.05) is 0 Å². The molecule has 0 spiro atoms. The number of aryl methyl sites for hydroxylation is 1. The van der Waals surface area contributed by atoms with Gasteiger partial charge in [-0.3, -0.25) is 4.79 Å². The molecule has 1 amide bonds. The highest BCUT2D eigenvalue weighted by atomic mass is 16.5. The van der Waals surface area contributed by atoms with Crippen molar-refractivity contribution in [1.82, 2.24) is 10.4 Å². The number of hydrogen-bond acceptors (Lipinski definition) is 6. The van der Waals surface area contributed by atoms with Crippen LogP contribution >= 0.6 is 0 Å². The third kappa shape index (κ3) is 4.70. The van der Waals surface area contributed by atoms with Crippen molar-refractivity contribution in [1.29, 1.82) is 0 Å². The van der Waals surface area contributed by atoms with E-state index < -0.39 is 11.9 Å². The first-order valence-electron chi connectivity index (χ1n) is 8.93. The third-order valence-corrected chi connectivity index (χ3v) is 4.01. The molecule has 28 heavy (non-hydrogen) atoms. The number of methoxy groups -OCH3 is 1. The van der Waals surface area contributed by atoms with E-state index in [1.807, 2.05) is 6.92 Å². The lowest BCUT2D eigenvalue weighted by Crippen LogP contribution is -2.19. The molecule has 1 aromatic heterocycles. The normalized spacial score (nSPS) is 10.8. The van der Waals surface area contributed by atoms with Gasteiger partial charge in [-0.15, -0.1) is 0 Å². The molecule has 0 aliphatic heterocycles. The van der Waals surface area contributed by atoms with Crippen LogP contribution in [0.3, 0.4) is 0 Å². The minimum atomic E-state index is -0.460. The van der Waals surface area contributed by atoms with E-state index in [0.717, 1.165) is 5.56 Å². The largest absolute Gasteiger partial charge is 0.493 e. The van der Waals surface area contributed by atoms with Gasteiger partial charge in [-0.25, -0.2) is 10.2 Å². The highest BCUT2D eigenvalue weighted by molar-refractivity contribution is 6.00. The Hall–Kier alpha value is -3.29. The summed E-state index contributed by atoms with van der Waals surface area (Å²) in [6.07, 6.45) is 1.49. The van der Waals surface area contributed by atoms with Gasteiger partial charge >= 0.3 is 5.97 Å². The zero-order chi connectivity index (χ0) is 20.7. The maximum Gasteiger partial charge on any atom is 0.340 e. The van der Waals surface area contributed by atoms with Crippen molar-refractivity contribution in [3.8, 4) is 11.5 Å². The van der Waals surface area contributed by atoms with E-state index in [1.54, 1.807) is 46.1 Å². The zero-order valence-corrected chi connectivity index (χ0v) is 16.7. The lowest BCUT2D eigenvalue weighted by Gasteiger charge is -2.09. The number of esters is 1. The summed E-state index contributed by atoms with van der Waals surface area (Å²) in [7, 11) is 1.55. The predicted molar refractivity (Wildman–Crippen MR) is 105 cm³/mol. The smallest absolute Gasteiger partial charge is 0.340 e. The maximum atomic E-state index is 12.4. The van der Waals surface area contributed by atoms with E-state index in [1.165, 1.54) is 6.21 Å². The van der Waals surface area contributed by atoms with Crippen molar-refractivity contribution in [2.24, 2.45) is 5.10 Å². The van der Waals surface area contributed by atoms with Gasteiger partial charge in [0.15, 0.2) is 11.5 Å². The molecular formula is C20H25N3O5. The van der Waals surface area contributed by atoms with Crippen LogP contribution in [-0.4, -0.2) is 43.4 Å². The number of nitrogens with zero attached hydrogens (tertiary/aromatic N) is 1. The van der Waals surface area contributed by atoms with Crippen LogP contribution in [0.2, 0.25) is 0 Å². The molecule has 150 valence electrons. The average molecular weight is 387 g/mol. The minimum absolute atomic E-state index is 0.264. The monoisotopic (exact) mass is 387 g/mol. The Balaban J connectivity index is 2.12. The molecule has 8 heteroatoms. The first-order chi connectivity index (χ1) is 13.4. The van der Waals surface area contributed by atoms with Gasteiger partial charge < -0.3 is 19.2 Å². The first kappa shape index (κ1) is 21.0. The fourth-order valence-corrected chi connectivity index (χ4v) is 2.75. The van der Waals surface area contributed by atoms with Crippen LogP contribution in [0, 0.1) is 13.8 Å². The molecule has 0 bridgehead atoms. The highest BCUT2D eigenvalue weighted by Gasteiger charge is 2.22.